The van der Waals surface area contributed by atoms with Crippen LogP contribution in [0, 0.1) is 13.8 Å². The first-order chi connectivity index (χ1) is 11.4. The standard InChI is InChI=1S/C17H24N2O4S/c1-13-5-6-14(2)16(12-13)24(21,22)19-7-3-4-15(19)17(20)18-8-10-23-11-9-18/h5-6,12,15H,3-4,7-11H2,1-2H3/t15-/m1/s1. The Morgan fingerprint density at radius 3 is 2.58 bits per heavy atom. The molecule has 2 aliphatic rings. The summed E-state index contributed by atoms with van der Waals surface area (Å²) in [7, 11) is -3.67. The van der Waals surface area contributed by atoms with Crippen molar-refractivity contribution < 1.29 is 17.9 Å². The molecule has 0 aromatic heterocycles. The summed E-state index contributed by atoms with van der Waals surface area (Å²) in [6.07, 6.45) is 1.30. The summed E-state index contributed by atoms with van der Waals surface area (Å²) in [4.78, 5) is 14.8. The fourth-order valence-corrected chi connectivity index (χ4v) is 5.34. The number of sulfonamides is 1. The molecule has 2 saturated heterocycles. The van der Waals surface area contributed by atoms with Gasteiger partial charge in [-0.2, -0.15) is 4.31 Å². The molecule has 0 radical (unpaired) electrons. The van der Waals surface area contributed by atoms with Gasteiger partial charge in [0.05, 0.1) is 18.1 Å². The van der Waals surface area contributed by atoms with E-state index < -0.39 is 16.1 Å². The SMILES string of the molecule is Cc1ccc(C)c(S(=O)(=O)N2CCC[C@@H]2C(=O)N2CCOCC2)c1. The van der Waals surface area contributed by atoms with Crippen molar-refractivity contribution in [2.75, 3.05) is 32.8 Å². The Hall–Kier alpha value is -1.44. The minimum Gasteiger partial charge on any atom is -0.378 e. The maximum atomic E-state index is 13.1. The molecule has 1 amide bonds. The lowest BCUT2D eigenvalue weighted by atomic mass is 10.2. The van der Waals surface area contributed by atoms with E-state index in [0.29, 0.717) is 56.1 Å². The van der Waals surface area contributed by atoms with Gasteiger partial charge in [0.25, 0.3) is 0 Å². The van der Waals surface area contributed by atoms with Gasteiger partial charge in [0.1, 0.15) is 6.04 Å². The third-order valence-corrected chi connectivity index (χ3v) is 6.79. The van der Waals surface area contributed by atoms with Crippen molar-refractivity contribution in [1.82, 2.24) is 9.21 Å². The minimum atomic E-state index is -3.67. The number of ether oxygens (including phenoxy) is 1. The molecule has 0 N–H and O–H groups in total. The second-order valence-electron chi connectivity index (χ2n) is 6.48. The van der Waals surface area contributed by atoms with E-state index in [1.165, 1.54) is 4.31 Å². The van der Waals surface area contributed by atoms with E-state index in [-0.39, 0.29) is 5.91 Å². The maximum Gasteiger partial charge on any atom is 0.244 e. The van der Waals surface area contributed by atoms with E-state index >= 15 is 0 Å². The summed E-state index contributed by atoms with van der Waals surface area (Å²) in [5, 5.41) is 0. The molecule has 0 aliphatic carbocycles. The molecular formula is C17H24N2O4S. The van der Waals surface area contributed by atoms with E-state index in [1.54, 1.807) is 17.9 Å². The van der Waals surface area contributed by atoms with Crippen molar-refractivity contribution in [3.8, 4) is 0 Å². The molecule has 0 spiro atoms. The highest BCUT2D eigenvalue weighted by molar-refractivity contribution is 7.89. The van der Waals surface area contributed by atoms with E-state index in [2.05, 4.69) is 0 Å². The van der Waals surface area contributed by atoms with Gasteiger partial charge in [-0.1, -0.05) is 12.1 Å². The highest BCUT2D eigenvalue weighted by Crippen LogP contribution is 2.29. The monoisotopic (exact) mass is 352 g/mol. The van der Waals surface area contributed by atoms with Crippen LogP contribution >= 0.6 is 0 Å². The van der Waals surface area contributed by atoms with Crippen molar-refractivity contribution in [2.24, 2.45) is 0 Å². The minimum absolute atomic E-state index is 0.0929. The number of hydrogen-bond donors (Lipinski definition) is 0. The summed E-state index contributed by atoms with van der Waals surface area (Å²) in [5.74, 6) is -0.0929. The summed E-state index contributed by atoms with van der Waals surface area (Å²) in [6.45, 7) is 6.17. The topological polar surface area (TPSA) is 66.9 Å². The Labute approximate surface area is 143 Å². The Balaban J connectivity index is 1.89. The van der Waals surface area contributed by atoms with Crippen LogP contribution in [0.4, 0.5) is 0 Å². The molecule has 1 aromatic carbocycles. The number of aryl methyl sites for hydroxylation is 2. The fourth-order valence-electron chi connectivity index (χ4n) is 3.38. The van der Waals surface area contributed by atoms with Gasteiger partial charge < -0.3 is 9.64 Å². The molecule has 0 unspecified atom stereocenters. The molecule has 3 rings (SSSR count). The maximum absolute atomic E-state index is 13.1. The van der Waals surface area contributed by atoms with Gasteiger partial charge in [0.15, 0.2) is 0 Å². The van der Waals surface area contributed by atoms with Crippen LogP contribution in [0.2, 0.25) is 0 Å². The number of amides is 1. The Kier molecular flexibility index (Phi) is 4.94. The highest BCUT2D eigenvalue weighted by atomic mass is 32.2. The number of rotatable bonds is 3. The second kappa shape index (κ2) is 6.82. The van der Waals surface area contributed by atoms with Crippen LogP contribution in [0.15, 0.2) is 23.1 Å². The quantitative estimate of drug-likeness (QED) is 0.823. The highest BCUT2D eigenvalue weighted by Gasteiger charge is 2.41. The molecule has 132 valence electrons. The van der Waals surface area contributed by atoms with Crippen LogP contribution in [-0.2, 0) is 19.6 Å². The largest absolute Gasteiger partial charge is 0.378 e. The lowest BCUT2D eigenvalue weighted by Gasteiger charge is -2.32. The van der Waals surface area contributed by atoms with E-state index in [4.69, 9.17) is 4.74 Å². The zero-order valence-electron chi connectivity index (χ0n) is 14.2. The average molecular weight is 352 g/mol. The molecule has 7 heteroatoms. The second-order valence-corrected chi connectivity index (χ2v) is 8.34. The van der Waals surface area contributed by atoms with Crippen molar-refractivity contribution >= 4 is 15.9 Å². The van der Waals surface area contributed by atoms with Crippen molar-refractivity contribution in [1.29, 1.82) is 0 Å². The van der Waals surface area contributed by atoms with Crippen molar-refractivity contribution in [3.63, 3.8) is 0 Å². The van der Waals surface area contributed by atoms with Crippen LogP contribution in [0.3, 0.4) is 0 Å². The van der Waals surface area contributed by atoms with Gasteiger partial charge in [-0.05, 0) is 43.9 Å². The molecule has 24 heavy (non-hydrogen) atoms. The van der Waals surface area contributed by atoms with E-state index in [9.17, 15) is 13.2 Å². The van der Waals surface area contributed by atoms with Gasteiger partial charge in [-0.15, -0.1) is 0 Å². The lowest BCUT2D eigenvalue weighted by Crippen LogP contribution is -2.51. The molecule has 1 aromatic rings. The molecule has 1 atom stereocenters. The number of morpholine rings is 1. The Bertz CT molecular complexity index is 726. The number of carbonyl (C=O) groups excluding carboxylic acids is 1. The Morgan fingerprint density at radius 1 is 1.17 bits per heavy atom. The van der Waals surface area contributed by atoms with Crippen LogP contribution in [-0.4, -0.2) is 62.4 Å². The average Bonchev–Trinajstić information content (AvgIpc) is 3.07. The third-order valence-electron chi connectivity index (χ3n) is 4.74. The zero-order chi connectivity index (χ0) is 17.3. The normalized spacial score (nSPS) is 22.8. The van der Waals surface area contributed by atoms with Crippen molar-refractivity contribution in [3.05, 3.63) is 29.3 Å². The molecule has 0 saturated carbocycles. The fraction of sp³-hybridized carbons (Fsp3) is 0.588. The first-order valence-corrected chi connectivity index (χ1v) is 9.81. The predicted molar refractivity (Wildman–Crippen MR) is 90.2 cm³/mol. The van der Waals surface area contributed by atoms with Gasteiger partial charge in [0.2, 0.25) is 15.9 Å². The smallest absolute Gasteiger partial charge is 0.244 e. The summed E-state index contributed by atoms with van der Waals surface area (Å²) in [5.41, 5.74) is 1.61. The first-order valence-electron chi connectivity index (χ1n) is 8.37. The molecule has 0 bridgehead atoms. The van der Waals surface area contributed by atoms with Crippen LogP contribution < -0.4 is 0 Å². The Morgan fingerprint density at radius 2 is 1.88 bits per heavy atom. The predicted octanol–water partition coefficient (Wildman–Crippen LogP) is 1.32. The number of carbonyl (C=O) groups is 1. The number of nitrogens with zero attached hydrogens (tertiary/aromatic N) is 2. The molecule has 2 fully saturated rings. The van der Waals surface area contributed by atoms with Gasteiger partial charge in [-0.3, -0.25) is 4.79 Å². The third kappa shape index (κ3) is 3.20. The molecule has 2 heterocycles. The van der Waals surface area contributed by atoms with E-state index in [1.807, 2.05) is 19.1 Å². The first kappa shape index (κ1) is 17.4. The molecule has 6 nitrogen and oxygen atoms in total. The lowest BCUT2D eigenvalue weighted by molar-refractivity contribution is -0.138. The number of hydrogen-bond acceptors (Lipinski definition) is 4. The van der Waals surface area contributed by atoms with Crippen molar-refractivity contribution in [2.45, 2.75) is 37.6 Å². The van der Waals surface area contributed by atoms with E-state index in [0.717, 1.165) is 5.56 Å². The van der Waals surface area contributed by atoms with Gasteiger partial charge in [-0.25, -0.2) is 8.42 Å². The summed E-state index contributed by atoms with van der Waals surface area (Å²) in [6, 6.07) is 4.82. The van der Waals surface area contributed by atoms with Crippen LogP contribution in [0.5, 0.6) is 0 Å². The summed E-state index contributed by atoms with van der Waals surface area (Å²) < 4.78 is 32.9. The van der Waals surface area contributed by atoms with Crippen LogP contribution in [0.25, 0.3) is 0 Å². The molecular weight excluding hydrogens is 328 g/mol. The van der Waals surface area contributed by atoms with Gasteiger partial charge in [0, 0.05) is 19.6 Å². The van der Waals surface area contributed by atoms with Crippen LogP contribution in [0.1, 0.15) is 24.0 Å². The number of benzene rings is 1. The molecule has 2 aliphatic heterocycles. The zero-order valence-corrected chi connectivity index (χ0v) is 15.0. The summed E-state index contributed by atoms with van der Waals surface area (Å²) >= 11 is 0. The van der Waals surface area contributed by atoms with Gasteiger partial charge >= 0.3 is 0 Å².